The Labute approximate surface area is 109 Å². The minimum absolute atomic E-state index is 0.213. The number of alkyl halides is 1. The van der Waals surface area contributed by atoms with Gasteiger partial charge in [-0.05, 0) is 44.2 Å². The molecule has 16 heavy (non-hydrogen) atoms. The molecule has 1 rings (SSSR count). The van der Waals surface area contributed by atoms with Crippen molar-refractivity contribution in [1.82, 2.24) is 0 Å². The van der Waals surface area contributed by atoms with Crippen molar-refractivity contribution in [2.24, 2.45) is 5.92 Å². The van der Waals surface area contributed by atoms with Crippen molar-refractivity contribution in [3.8, 4) is 0 Å². The molecule has 1 aromatic rings. The second-order valence-electron chi connectivity index (χ2n) is 4.61. The number of halogens is 1. The van der Waals surface area contributed by atoms with Crippen LogP contribution < -0.4 is 0 Å². The highest BCUT2D eigenvalue weighted by atomic mass is 35.5. The SMILES string of the molecule is CCCC(CCC)C(Cl)c1cc(C)sc1C. The Kier molecular flexibility index (Phi) is 5.85. The van der Waals surface area contributed by atoms with Gasteiger partial charge in [0.2, 0.25) is 0 Å². The van der Waals surface area contributed by atoms with Crippen LogP contribution in [0.3, 0.4) is 0 Å². The van der Waals surface area contributed by atoms with Crippen molar-refractivity contribution < 1.29 is 0 Å². The lowest BCUT2D eigenvalue weighted by Crippen LogP contribution is -2.08. The zero-order valence-electron chi connectivity index (χ0n) is 10.8. The van der Waals surface area contributed by atoms with Crippen molar-refractivity contribution in [2.45, 2.75) is 58.8 Å². The normalized spacial score (nSPS) is 13.4. The molecule has 0 aliphatic rings. The molecule has 0 aliphatic heterocycles. The fourth-order valence-electron chi connectivity index (χ4n) is 2.36. The van der Waals surface area contributed by atoms with Gasteiger partial charge in [-0.3, -0.25) is 0 Å². The maximum atomic E-state index is 6.66. The molecule has 0 amide bonds. The molecule has 0 aliphatic carbocycles. The molecule has 0 nitrogen and oxygen atoms in total. The first-order chi connectivity index (χ1) is 7.60. The van der Waals surface area contributed by atoms with Gasteiger partial charge in [0, 0.05) is 9.75 Å². The summed E-state index contributed by atoms with van der Waals surface area (Å²) in [5.74, 6) is 0.643. The van der Waals surface area contributed by atoms with Crippen LogP contribution in [0.15, 0.2) is 6.07 Å². The molecule has 0 radical (unpaired) electrons. The number of thiophene rings is 1. The molecule has 1 atom stereocenters. The van der Waals surface area contributed by atoms with Crippen molar-refractivity contribution >= 4 is 22.9 Å². The summed E-state index contributed by atoms with van der Waals surface area (Å²) in [7, 11) is 0. The van der Waals surface area contributed by atoms with Crippen molar-refractivity contribution in [3.05, 3.63) is 21.4 Å². The lowest BCUT2D eigenvalue weighted by molar-refractivity contribution is 0.426. The molecule has 0 N–H and O–H groups in total. The first kappa shape index (κ1) is 14.1. The standard InChI is InChI=1S/C14H23ClS/c1-5-7-12(8-6-2)14(15)13-9-10(3)16-11(13)4/h9,12,14H,5-8H2,1-4H3. The summed E-state index contributed by atoms with van der Waals surface area (Å²) < 4.78 is 0. The second kappa shape index (κ2) is 6.66. The Morgan fingerprint density at radius 2 is 1.75 bits per heavy atom. The molecule has 0 fully saturated rings. The van der Waals surface area contributed by atoms with E-state index in [-0.39, 0.29) is 5.38 Å². The van der Waals surface area contributed by atoms with Crippen LogP contribution in [0, 0.1) is 19.8 Å². The van der Waals surface area contributed by atoms with E-state index in [1.807, 2.05) is 11.3 Å². The van der Waals surface area contributed by atoms with Gasteiger partial charge in [0.1, 0.15) is 0 Å². The van der Waals surface area contributed by atoms with Crippen LogP contribution in [0.4, 0.5) is 0 Å². The molecular weight excluding hydrogens is 236 g/mol. The molecule has 0 aromatic carbocycles. The Bertz CT molecular complexity index is 311. The van der Waals surface area contributed by atoms with E-state index in [1.54, 1.807) is 0 Å². The average molecular weight is 259 g/mol. The Morgan fingerprint density at radius 1 is 1.19 bits per heavy atom. The summed E-state index contributed by atoms with van der Waals surface area (Å²) in [6.07, 6.45) is 4.96. The van der Waals surface area contributed by atoms with E-state index in [0.717, 1.165) is 0 Å². The molecule has 1 unspecified atom stereocenters. The highest BCUT2D eigenvalue weighted by Gasteiger charge is 2.22. The minimum atomic E-state index is 0.213. The van der Waals surface area contributed by atoms with Crippen LogP contribution in [0.25, 0.3) is 0 Å². The lowest BCUT2D eigenvalue weighted by atomic mass is 9.91. The van der Waals surface area contributed by atoms with E-state index in [2.05, 4.69) is 33.8 Å². The van der Waals surface area contributed by atoms with Gasteiger partial charge >= 0.3 is 0 Å². The predicted molar refractivity (Wildman–Crippen MR) is 75.7 cm³/mol. The maximum Gasteiger partial charge on any atom is 0.0624 e. The predicted octanol–water partition coefficient (Wildman–Crippen LogP) is 5.86. The van der Waals surface area contributed by atoms with Gasteiger partial charge in [0.25, 0.3) is 0 Å². The van der Waals surface area contributed by atoms with E-state index in [0.29, 0.717) is 5.92 Å². The molecule has 0 bridgehead atoms. The molecule has 0 saturated heterocycles. The molecular formula is C14H23ClS. The van der Waals surface area contributed by atoms with Crippen LogP contribution in [0.2, 0.25) is 0 Å². The Morgan fingerprint density at radius 3 is 2.12 bits per heavy atom. The van der Waals surface area contributed by atoms with Gasteiger partial charge in [-0.2, -0.15) is 0 Å². The highest BCUT2D eigenvalue weighted by molar-refractivity contribution is 7.12. The molecule has 92 valence electrons. The van der Waals surface area contributed by atoms with Gasteiger partial charge in [0.15, 0.2) is 0 Å². The summed E-state index contributed by atoms with van der Waals surface area (Å²) in [4.78, 5) is 2.78. The summed E-state index contributed by atoms with van der Waals surface area (Å²) in [6, 6.07) is 2.27. The summed E-state index contributed by atoms with van der Waals surface area (Å²) in [5, 5.41) is 0.213. The Balaban J connectivity index is 2.80. The van der Waals surface area contributed by atoms with E-state index < -0.39 is 0 Å². The topological polar surface area (TPSA) is 0 Å². The lowest BCUT2D eigenvalue weighted by Gasteiger charge is -2.21. The van der Waals surface area contributed by atoms with Crippen molar-refractivity contribution in [1.29, 1.82) is 0 Å². The Hall–Kier alpha value is -0.0100. The number of aryl methyl sites for hydroxylation is 2. The average Bonchev–Trinajstić information content (AvgIpc) is 2.56. The molecule has 2 heteroatoms. The zero-order chi connectivity index (χ0) is 12.1. The minimum Gasteiger partial charge on any atom is -0.146 e. The highest BCUT2D eigenvalue weighted by Crippen LogP contribution is 2.39. The van der Waals surface area contributed by atoms with E-state index in [9.17, 15) is 0 Å². The number of hydrogen-bond donors (Lipinski definition) is 0. The molecule has 1 aromatic heterocycles. The zero-order valence-corrected chi connectivity index (χ0v) is 12.4. The van der Waals surface area contributed by atoms with Crippen molar-refractivity contribution in [2.75, 3.05) is 0 Å². The van der Waals surface area contributed by atoms with Crippen LogP contribution in [0.5, 0.6) is 0 Å². The van der Waals surface area contributed by atoms with Gasteiger partial charge in [-0.1, -0.05) is 26.7 Å². The second-order valence-corrected chi connectivity index (χ2v) is 6.54. The largest absolute Gasteiger partial charge is 0.146 e. The van der Waals surface area contributed by atoms with Gasteiger partial charge < -0.3 is 0 Å². The third kappa shape index (κ3) is 3.49. The molecule has 0 spiro atoms. The van der Waals surface area contributed by atoms with E-state index in [1.165, 1.54) is 41.0 Å². The third-order valence-corrected chi connectivity index (χ3v) is 4.68. The van der Waals surface area contributed by atoms with Gasteiger partial charge in [-0.15, -0.1) is 22.9 Å². The van der Waals surface area contributed by atoms with Crippen LogP contribution in [0.1, 0.15) is 60.2 Å². The first-order valence-electron chi connectivity index (χ1n) is 6.31. The quantitative estimate of drug-likeness (QED) is 0.561. The first-order valence-corrected chi connectivity index (χ1v) is 7.56. The van der Waals surface area contributed by atoms with E-state index in [4.69, 9.17) is 11.6 Å². The number of rotatable bonds is 6. The monoisotopic (exact) mass is 258 g/mol. The maximum absolute atomic E-state index is 6.66. The molecule has 0 saturated carbocycles. The van der Waals surface area contributed by atoms with Crippen LogP contribution in [-0.4, -0.2) is 0 Å². The summed E-state index contributed by atoms with van der Waals surface area (Å²) >= 11 is 8.52. The fourth-order valence-corrected chi connectivity index (χ4v) is 3.87. The molecule has 1 heterocycles. The van der Waals surface area contributed by atoms with Crippen molar-refractivity contribution in [3.63, 3.8) is 0 Å². The third-order valence-electron chi connectivity index (χ3n) is 3.11. The van der Waals surface area contributed by atoms with Gasteiger partial charge in [-0.25, -0.2) is 0 Å². The summed E-state index contributed by atoms with van der Waals surface area (Å²) in [6.45, 7) is 8.85. The smallest absolute Gasteiger partial charge is 0.0624 e. The van der Waals surface area contributed by atoms with E-state index >= 15 is 0 Å². The van der Waals surface area contributed by atoms with Crippen LogP contribution in [-0.2, 0) is 0 Å². The van der Waals surface area contributed by atoms with Crippen LogP contribution >= 0.6 is 22.9 Å². The summed E-state index contributed by atoms with van der Waals surface area (Å²) in [5.41, 5.74) is 1.37. The fraction of sp³-hybridized carbons (Fsp3) is 0.714. The number of hydrogen-bond acceptors (Lipinski definition) is 1. The van der Waals surface area contributed by atoms with Gasteiger partial charge in [0.05, 0.1) is 5.38 Å².